The monoisotopic (exact) mass is 431 g/mol. The number of nitrogens with zero attached hydrogens (tertiary/aromatic N) is 3. The molecule has 0 radical (unpaired) electrons. The fourth-order valence-electron chi connectivity index (χ4n) is 3.94. The molecular weight excluding hydrogens is 394 g/mol. The van der Waals surface area contributed by atoms with E-state index in [1.165, 1.54) is 19.3 Å². The fourth-order valence-corrected chi connectivity index (χ4v) is 3.94. The van der Waals surface area contributed by atoms with Gasteiger partial charge in [-0.15, -0.1) is 0 Å². The first kappa shape index (κ1) is 23.7. The lowest BCUT2D eigenvalue weighted by Crippen LogP contribution is -2.37. The zero-order chi connectivity index (χ0) is 22.1. The number of aliphatic hydroxyl groups excluding tert-OH is 1. The van der Waals surface area contributed by atoms with Crippen LogP contribution in [0.15, 0.2) is 34.9 Å². The van der Waals surface area contributed by atoms with Crippen LogP contribution < -0.4 is 4.90 Å². The van der Waals surface area contributed by atoms with Crippen molar-refractivity contribution in [3.05, 3.63) is 35.9 Å². The van der Waals surface area contributed by atoms with Crippen LogP contribution in [0.25, 0.3) is 11.3 Å². The summed E-state index contributed by atoms with van der Waals surface area (Å²) in [5, 5.41) is 15.0. The van der Waals surface area contributed by atoms with Crippen LogP contribution in [0.2, 0.25) is 0 Å². The summed E-state index contributed by atoms with van der Waals surface area (Å²) >= 11 is 0. The van der Waals surface area contributed by atoms with Gasteiger partial charge in [-0.2, -0.15) is 0 Å². The van der Waals surface area contributed by atoms with E-state index >= 15 is 0 Å². The number of ether oxygens (including phenoxy) is 2. The summed E-state index contributed by atoms with van der Waals surface area (Å²) < 4.78 is 16.8. The van der Waals surface area contributed by atoms with Crippen LogP contribution in [0.5, 0.6) is 0 Å². The molecule has 3 rings (SSSR count). The van der Waals surface area contributed by atoms with Gasteiger partial charge in [0.2, 0.25) is 5.88 Å². The van der Waals surface area contributed by atoms with Gasteiger partial charge in [0.25, 0.3) is 0 Å². The van der Waals surface area contributed by atoms with Crippen LogP contribution in [-0.2, 0) is 16.0 Å². The van der Waals surface area contributed by atoms with Crippen molar-refractivity contribution >= 4 is 5.88 Å². The van der Waals surface area contributed by atoms with Gasteiger partial charge >= 0.3 is 0 Å². The van der Waals surface area contributed by atoms with Gasteiger partial charge < -0.3 is 24.0 Å². The number of hydrogen-bond donors (Lipinski definition) is 1. The van der Waals surface area contributed by atoms with Crippen LogP contribution in [0.1, 0.15) is 38.7 Å². The van der Waals surface area contributed by atoms with E-state index in [1.54, 1.807) is 7.11 Å². The van der Waals surface area contributed by atoms with Crippen molar-refractivity contribution in [3.8, 4) is 11.3 Å². The van der Waals surface area contributed by atoms with E-state index in [9.17, 15) is 5.11 Å². The van der Waals surface area contributed by atoms with Gasteiger partial charge in [-0.3, -0.25) is 4.90 Å². The summed E-state index contributed by atoms with van der Waals surface area (Å²) in [6.45, 7) is 8.65. The van der Waals surface area contributed by atoms with E-state index < -0.39 is 6.10 Å². The highest BCUT2D eigenvalue weighted by atomic mass is 16.5. The first-order valence-corrected chi connectivity index (χ1v) is 11.4. The molecule has 0 spiro atoms. The normalized spacial score (nSPS) is 15.7. The molecule has 1 fully saturated rings. The Morgan fingerprint density at radius 2 is 1.90 bits per heavy atom. The molecule has 0 aliphatic carbocycles. The van der Waals surface area contributed by atoms with Crippen LogP contribution in [0.4, 0.5) is 5.88 Å². The van der Waals surface area contributed by atoms with Crippen molar-refractivity contribution in [1.82, 2.24) is 10.1 Å². The topological polar surface area (TPSA) is 71.2 Å². The van der Waals surface area contributed by atoms with Gasteiger partial charge in [0.1, 0.15) is 5.69 Å². The maximum atomic E-state index is 10.5. The molecule has 1 atom stereocenters. The standard InChI is InChI=1S/C24H37N3O4/c1-19(2)30-18-21(28)16-26(14-15-29-3)17-22-23(20-10-6-4-7-11-20)25-31-24(22)27-12-8-5-9-13-27/h4,6-7,10-11,19,21,28H,5,8-9,12-18H2,1-3H3. The van der Waals surface area contributed by atoms with Crippen molar-refractivity contribution in [2.45, 2.75) is 51.9 Å². The molecule has 1 aliphatic heterocycles. The van der Waals surface area contributed by atoms with Crippen molar-refractivity contribution in [3.63, 3.8) is 0 Å². The molecule has 7 heteroatoms. The highest BCUT2D eigenvalue weighted by Gasteiger charge is 2.26. The lowest BCUT2D eigenvalue weighted by Gasteiger charge is -2.29. The second-order valence-corrected chi connectivity index (χ2v) is 8.49. The molecule has 1 aromatic carbocycles. The van der Waals surface area contributed by atoms with Crippen LogP contribution >= 0.6 is 0 Å². The Labute approximate surface area is 185 Å². The Bertz CT molecular complexity index is 759. The third kappa shape index (κ3) is 7.04. The van der Waals surface area contributed by atoms with Gasteiger partial charge in [-0.05, 0) is 33.1 Å². The zero-order valence-electron chi connectivity index (χ0n) is 19.1. The lowest BCUT2D eigenvalue weighted by molar-refractivity contribution is -0.0121. The largest absolute Gasteiger partial charge is 0.389 e. The molecule has 2 heterocycles. The van der Waals surface area contributed by atoms with Crippen molar-refractivity contribution < 1.29 is 19.1 Å². The minimum absolute atomic E-state index is 0.0931. The highest BCUT2D eigenvalue weighted by Crippen LogP contribution is 2.33. The molecule has 0 amide bonds. The van der Waals surface area contributed by atoms with Crippen molar-refractivity contribution in [2.75, 3.05) is 51.4 Å². The number of methoxy groups -OCH3 is 1. The molecule has 1 aromatic heterocycles. The summed E-state index contributed by atoms with van der Waals surface area (Å²) in [6, 6.07) is 10.2. The highest BCUT2D eigenvalue weighted by molar-refractivity contribution is 5.68. The smallest absolute Gasteiger partial charge is 0.232 e. The summed E-state index contributed by atoms with van der Waals surface area (Å²) in [5.74, 6) is 0.855. The Kier molecular flexibility index (Phi) is 9.33. The zero-order valence-corrected chi connectivity index (χ0v) is 19.1. The minimum Gasteiger partial charge on any atom is -0.389 e. The van der Waals surface area contributed by atoms with Crippen molar-refractivity contribution in [1.29, 1.82) is 0 Å². The number of aromatic nitrogens is 1. The minimum atomic E-state index is -0.572. The summed E-state index contributed by atoms with van der Waals surface area (Å²) in [4.78, 5) is 4.51. The molecule has 0 bridgehead atoms. The van der Waals surface area contributed by atoms with E-state index in [-0.39, 0.29) is 6.10 Å². The van der Waals surface area contributed by atoms with Gasteiger partial charge in [0.15, 0.2) is 0 Å². The van der Waals surface area contributed by atoms with Crippen LogP contribution in [0.3, 0.4) is 0 Å². The number of benzene rings is 1. The predicted molar refractivity (Wildman–Crippen MR) is 122 cm³/mol. The van der Waals surface area contributed by atoms with E-state index in [1.807, 2.05) is 32.0 Å². The molecule has 0 saturated carbocycles. The molecule has 7 nitrogen and oxygen atoms in total. The number of hydrogen-bond acceptors (Lipinski definition) is 7. The quantitative estimate of drug-likeness (QED) is 0.551. The van der Waals surface area contributed by atoms with Gasteiger partial charge in [0.05, 0.1) is 31.0 Å². The summed E-state index contributed by atoms with van der Waals surface area (Å²) in [6.07, 6.45) is 3.11. The summed E-state index contributed by atoms with van der Waals surface area (Å²) in [5.41, 5.74) is 2.98. The maximum Gasteiger partial charge on any atom is 0.232 e. The molecule has 2 aromatic rings. The number of aliphatic hydroxyl groups is 1. The van der Waals surface area contributed by atoms with Gasteiger partial charge in [0, 0.05) is 45.4 Å². The Morgan fingerprint density at radius 1 is 1.16 bits per heavy atom. The average Bonchev–Trinajstić information content (AvgIpc) is 3.20. The maximum absolute atomic E-state index is 10.5. The SMILES string of the molecule is COCCN(Cc1c(-c2ccccc2)noc1N1CCCCC1)CC(O)COC(C)C. The Morgan fingerprint density at radius 3 is 2.58 bits per heavy atom. The van der Waals surface area contributed by atoms with Gasteiger partial charge in [-0.25, -0.2) is 0 Å². The third-order valence-electron chi connectivity index (χ3n) is 5.54. The molecule has 1 N–H and O–H groups in total. The number of piperidine rings is 1. The fraction of sp³-hybridized carbons (Fsp3) is 0.625. The molecule has 31 heavy (non-hydrogen) atoms. The summed E-state index contributed by atoms with van der Waals surface area (Å²) in [7, 11) is 1.70. The van der Waals surface area contributed by atoms with E-state index in [4.69, 9.17) is 14.0 Å². The van der Waals surface area contributed by atoms with Crippen molar-refractivity contribution in [2.24, 2.45) is 0 Å². The lowest BCUT2D eigenvalue weighted by atomic mass is 10.1. The molecule has 1 unspecified atom stereocenters. The first-order valence-electron chi connectivity index (χ1n) is 11.4. The van der Waals surface area contributed by atoms with Crippen LogP contribution in [0, 0.1) is 0 Å². The van der Waals surface area contributed by atoms with E-state index in [0.717, 1.165) is 35.8 Å². The van der Waals surface area contributed by atoms with Gasteiger partial charge in [-0.1, -0.05) is 35.5 Å². The van der Waals surface area contributed by atoms with E-state index in [0.29, 0.717) is 32.8 Å². The molecule has 1 aliphatic rings. The Hall–Kier alpha value is -1.93. The third-order valence-corrected chi connectivity index (χ3v) is 5.54. The Balaban J connectivity index is 1.84. The first-order chi connectivity index (χ1) is 15.1. The second-order valence-electron chi connectivity index (χ2n) is 8.49. The van der Waals surface area contributed by atoms with Crippen LogP contribution in [-0.4, -0.2) is 73.9 Å². The predicted octanol–water partition coefficient (Wildman–Crippen LogP) is 3.57. The number of anilines is 1. The molecular formula is C24H37N3O4. The number of rotatable bonds is 12. The van der Waals surface area contributed by atoms with E-state index in [2.05, 4.69) is 27.1 Å². The average molecular weight is 432 g/mol. The molecule has 1 saturated heterocycles. The second kappa shape index (κ2) is 12.2. The molecule has 172 valence electrons.